The first kappa shape index (κ1) is 13.7. The summed E-state index contributed by atoms with van der Waals surface area (Å²) >= 11 is 12.2. The SMILES string of the molecule is CNC(c1cc(Cl)cc(Cl)c1)c1ccc2c(c1)CCO2. The number of halogens is 2. The monoisotopic (exact) mass is 307 g/mol. The van der Waals surface area contributed by atoms with Gasteiger partial charge in [0.05, 0.1) is 12.6 Å². The van der Waals surface area contributed by atoms with Gasteiger partial charge >= 0.3 is 0 Å². The Kier molecular flexibility index (Phi) is 3.88. The van der Waals surface area contributed by atoms with Gasteiger partial charge in [0.2, 0.25) is 0 Å². The molecular weight excluding hydrogens is 293 g/mol. The van der Waals surface area contributed by atoms with Gasteiger partial charge in [0.1, 0.15) is 5.75 Å². The number of ether oxygens (including phenoxy) is 1. The number of nitrogens with one attached hydrogen (secondary N) is 1. The van der Waals surface area contributed by atoms with Gasteiger partial charge in [0.15, 0.2) is 0 Å². The van der Waals surface area contributed by atoms with E-state index < -0.39 is 0 Å². The highest BCUT2D eigenvalue weighted by atomic mass is 35.5. The zero-order valence-corrected chi connectivity index (χ0v) is 12.6. The zero-order valence-electron chi connectivity index (χ0n) is 11.1. The fraction of sp³-hybridized carbons (Fsp3) is 0.250. The number of benzene rings is 2. The molecule has 0 radical (unpaired) electrons. The van der Waals surface area contributed by atoms with Crippen LogP contribution < -0.4 is 10.1 Å². The quantitative estimate of drug-likeness (QED) is 0.916. The maximum atomic E-state index is 6.10. The molecule has 0 amide bonds. The number of fused-ring (bicyclic) bond motifs is 1. The molecule has 0 fully saturated rings. The molecule has 1 atom stereocenters. The molecule has 1 heterocycles. The van der Waals surface area contributed by atoms with Crippen LogP contribution in [0.5, 0.6) is 5.75 Å². The van der Waals surface area contributed by atoms with Crippen molar-refractivity contribution in [1.82, 2.24) is 5.32 Å². The van der Waals surface area contributed by atoms with Crippen molar-refractivity contribution in [2.45, 2.75) is 12.5 Å². The Morgan fingerprint density at radius 2 is 1.80 bits per heavy atom. The maximum absolute atomic E-state index is 6.10. The zero-order chi connectivity index (χ0) is 14.1. The van der Waals surface area contributed by atoms with Crippen LogP contribution in [0.25, 0.3) is 0 Å². The molecule has 4 heteroatoms. The minimum absolute atomic E-state index is 0.0668. The lowest BCUT2D eigenvalue weighted by Gasteiger charge is -2.18. The maximum Gasteiger partial charge on any atom is 0.122 e. The highest BCUT2D eigenvalue weighted by Gasteiger charge is 2.18. The molecule has 0 bridgehead atoms. The molecular formula is C16H15Cl2NO. The van der Waals surface area contributed by atoms with Crippen LogP contribution in [0.3, 0.4) is 0 Å². The largest absolute Gasteiger partial charge is 0.493 e. The van der Waals surface area contributed by atoms with Gasteiger partial charge in [0, 0.05) is 16.5 Å². The summed E-state index contributed by atoms with van der Waals surface area (Å²) in [5.74, 6) is 0.993. The minimum atomic E-state index is 0.0668. The van der Waals surface area contributed by atoms with Crippen molar-refractivity contribution >= 4 is 23.2 Å². The lowest BCUT2D eigenvalue weighted by molar-refractivity contribution is 0.357. The van der Waals surface area contributed by atoms with Gasteiger partial charge in [-0.25, -0.2) is 0 Å². The van der Waals surface area contributed by atoms with Gasteiger partial charge in [-0.3, -0.25) is 0 Å². The summed E-state index contributed by atoms with van der Waals surface area (Å²) in [6.45, 7) is 0.770. The van der Waals surface area contributed by atoms with Gasteiger partial charge in [-0.05, 0) is 48.0 Å². The highest BCUT2D eigenvalue weighted by molar-refractivity contribution is 6.34. The topological polar surface area (TPSA) is 21.3 Å². The summed E-state index contributed by atoms with van der Waals surface area (Å²) in [6, 6.07) is 12.0. The molecule has 1 unspecified atom stereocenters. The van der Waals surface area contributed by atoms with Gasteiger partial charge in [-0.15, -0.1) is 0 Å². The normalized spacial score (nSPS) is 14.8. The molecule has 0 saturated heterocycles. The Hall–Kier alpha value is -1.22. The van der Waals surface area contributed by atoms with Crippen LogP contribution in [0.1, 0.15) is 22.7 Å². The van der Waals surface area contributed by atoms with Crippen LogP contribution in [-0.2, 0) is 6.42 Å². The molecule has 2 nitrogen and oxygen atoms in total. The molecule has 0 aliphatic carbocycles. The first-order valence-electron chi connectivity index (χ1n) is 6.56. The van der Waals surface area contributed by atoms with Crippen molar-refractivity contribution in [3.8, 4) is 5.75 Å². The fourth-order valence-electron chi connectivity index (χ4n) is 2.65. The molecule has 104 valence electrons. The second kappa shape index (κ2) is 5.65. The van der Waals surface area contributed by atoms with E-state index in [4.69, 9.17) is 27.9 Å². The summed E-state index contributed by atoms with van der Waals surface area (Å²) in [5.41, 5.74) is 3.51. The molecule has 1 aliphatic rings. The van der Waals surface area contributed by atoms with E-state index in [-0.39, 0.29) is 6.04 Å². The van der Waals surface area contributed by atoms with Crippen LogP contribution in [0.15, 0.2) is 36.4 Å². The number of rotatable bonds is 3. The van der Waals surface area contributed by atoms with E-state index in [9.17, 15) is 0 Å². The van der Waals surface area contributed by atoms with Crippen LogP contribution in [0.2, 0.25) is 10.0 Å². The molecule has 2 aromatic rings. The van der Waals surface area contributed by atoms with E-state index in [0.717, 1.165) is 24.3 Å². The van der Waals surface area contributed by atoms with E-state index >= 15 is 0 Å². The second-order valence-electron chi connectivity index (χ2n) is 4.89. The summed E-state index contributed by atoms with van der Waals surface area (Å²) in [4.78, 5) is 0. The van der Waals surface area contributed by atoms with Crippen molar-refractivity contribution in [2.24, 2.45) is 0 Å². The lowest BCUT2D eigenvalue weighted by atomic mass is 9.96. The summed E-state index contributed by atoms with van der Waals surface area (Å²) < 4.78 is 5.55. The van der Waals surface area contributed by atoms with E-state index in [0.29, 0.717) is 10.0 Å². The predicted molar refractivity (Wildman–Crippen MR) is 83.0 cm³/mol. The third-order valence-electron chi connectivity index (χ3n) is 3.55. The first-order chi connectivity index (χ1) is 9.67. The van der Waals surface area contributed by atoms with Crippen LogP contribution >= 0.6 is 23.2 Å². The fourth-order valence-corrected chi connectivity index (χ4v) is 3.20. The van der Waals surface area contributed by atoms with Gasteiger partial charge in [-0.1, -0.05) is 35.3 Å². The van der Waals surface area contributed by atoms with E-state index in [1.165, 1.54) is 11.1 Å². The smallest absolute Gasteiger partial charge is 0.122 e. The van der Waals surface area contributed by atoms with Crippen molar-refractivity contribution in [2.75, 3.05) is 13.7 Å². The molecule has 1 N–H and O–H groups in total. The summed E-state index contributed by atoms with van der Waals surface area (Å²) in [6.07, 6.45) is 0.968. The molecule has 0 spiro atoms. The molecule has 3 rings (SSSR count). The number of hydrogen-bond donors (Lipinski definition) is 1. The predicted octanol–water partition coefficient (Wildman–Crippen LogP) is 4.24. The summed E-state index contributed by atoms with van der Waals surface area (Å²) in [7, 11) is 1.93. The Morgan fingerprint density at radius 3 is 2.50 bits per heavy atom. The summed E-state index contributed by atoms with van der Waals surface area (Å²) in [5, 5.41) is 4.62. The number of hydrogen-bond acceptors (Lipinski definition) is 2. The molecule has 1 aliphatic heterocycles. The van der Waals surface area contributed by atoms with E-state index in [1.807, 2.05) is 25.2 Å². The van der Waals surface area contributed by atoms with Crippen LogP contribution in [-0.4, -0.2) is 13.7 Å². The van der Waals surface area contributed by atoms with Crippen molar-refractivity contribution in [1.29, 1.82) is 0 Å². The van der Waals surface area contributed by atoms with Gasteiger partial charge in [0.25, 0.3) is 0 Å². The lowest BCUT2D eigenvalue weighted by Crippen LogP contribution is -2.17. The average Bonchev–Trinajstić information content (AvgIpc) is 2.86. The van der Waals surface area contributed by atoms with Crippen LogP contribution in [0.4, 0.5) is 0 Å². The molecule has 0 aromatic heterocycles. The van der Waals surface area contributed by atoms with Crippen LogP contribution in [0, 0.1) is 0 Å². The van der Waals surface area contributed by atoms with Gasteiger partial charge < -0.3 is 10.1 Å². The second-order valence-corrected chi connectivity index (χ2v) is 5.76. The van der Waals surface area contributed by atoms with Crippen molar-refractivity contribution in [3.05, 3.63) is 63.1 Å². The van der Waals surface area contributed by atoms with E-state index in [1.54, 1.807) is 6.07 Å². The van der Waals surface area contributed by atoms with E-state index in [2.05, 4.69) is 17.4 Å². The van der Waals surface area contributed by atoms with Gasteiger partial charge in [-0.2, -0.15) is 0 Å². The average molecular weight is 308 g/mol. The Morgan fingerprint density at radius 1 is 1.05 bits per heavy atom. The standard InChI is InChI=1S/C16H15Cl2NO/c1-19-16(12-7-13(17)9-14(18)8-12)11-2-3-15-10(6-11)4-5-20-15/h2-3,6-9,16,19H,4-5H2,1H3. The van der Waals surface area contributed by atoms with Crippen molar-refractivity contribution in [3.63, 3.8) is 0 Å². The highest BCUT2D eigenvalue weighted by Crippen LogP contribution is 2.32. The Balaban J connectivity index is 2.01. The third kappa shape index (κ3) is 2.64. The van der Waals surface area contributed by atoms with Crippen molar-refractivity contribution < 1.29 is 4.74 Å². The molecule has 2 aromatic carbocycles. The Bertz CT molecular complexity index is 622. The Labute approximate surface area is 128 Å². The molecule has 0 saturated carbocycles. The third-order valence-corrected chi connectivity index (χ3v) is 3.99. The minimum Gasteiger partial charge on any atom is -0.493 e. The first-order valence-corrected chi connectivity index (χ1v) is 7.32. The molecule has 20 heavy (non-hydrogen) atoms.